The molecule has 45 heavy (non-hydrogen) atoms. The van der Waals surface area contributed by atoms with Gasteiger partial charge in [0, 0.05) is 5.41 Å². The average molecular weight is 573 g/mol. The fourth-order valence-corrected chi connectivity index (χ4v) is 7.71. The third kappa shape index (κ3) is 3.99. The molecule has 0 aliphatic heterocycles. The van der Waals surface area contributed by atoms with Gasteiger partial charge in [-0.1, -0.05) is 141 Å². The van der Waals surface area contributed by atoms with E-state index < -0.39 is 0 Å². The molecule has 8 aromatic carbocycles. The maximum atomic E-state index is 2.46. The molecular weight excluding hydrogens is 540 g/mol. The van der Waals surface area contributed by atoms with E-state index >= 15 is 0 Å². The van der Waals surface area contributed by atoms with Gasteiger partial charge in [-0.2, -0.15) is 0 Å². The van der Waals surface area contributed by atoms with Gasteiger partial charge in [-0.3, -0.25) is 0 Å². The minimum atomic E-state index is -0.104. The second kappa shape index (κ2) is 9.78. The van der Waals surface area contributed by atoms with Crippen molar-refractivity contribution in [1.29, 1.82) is 0 Å². The van der Waals surface area contributed by atoms with Crippen LogP contribution in [0.5, 0.6) is 0 Å². The Morgan fingerprint density at radius 1 is 0.311 bits per heavy atom. The first-order chi connectivity index (χ1) is 22.1. The van der Waals surface area contributed by atoms with Crippen molar-refractivity contribution in [3.05, 3.63) is 169 Å². The lowest BCUT2D eigenvalue weighted by molar-refractivity contribution is 0.661. The second-order valence-corrected chi connectivity index (χ2v) is 12.9. The Morgan fingerprint density at radius 2 is 0.844 bits per heavy atom. The highest BCUT2D eigenvalue weighted by Crippen LogP contribution is 2.51. The Bertz CT molecular complexity index is 2440. The summed E-state index contributed by atoms with van der Waals surface area (Å²) in [4.78, 5) is 0. The number of hydrogen-bond donors (Lipinski definition) is 0. The van der Waals surface area contributed by atoms with Crippen LogP contribution in [0.4, 0.5) is 0 Å². The van der Waals surface area contributed by atoms with Gasteiger partial charge in [-0.15, -0.1) is 0 Å². The van der Waals surface area contributed by atoms with Crippen LogP contribution in [-0.2, 0) is 5.41 Å². The molecule has 0 unspecified atom stereocenters. The molecule has 0 saturated heterocycles. The Balaban J connectivity index is 1.24. The van der Waals surface area contributed by atoms with Crippen molar-refractivity contribution in [3.8, 4) is 44.5 Å². The molecule has 1 aliphatic rings. The molecule has 0 radical (unpaired) electrons. The summed E-state index contributed by atoms with van der Waals surface area (Å²) in [6.45, 7) is 4.76. The normalized spacial score (nSPS) is 13.3. The summed E-state index contributed by atoms with van der Waals surface area (Å²) in [5, 5.41) is 7.70. The van der Waals surface area contributed by atoms with Crippen molar-refractivity contribution in [2.75, 3.05) is 0 Å². The van der Waals surface area contributed by atoms with Gasteiger partial charge in [-0.25, -0.2) is 0 Å². The van der Waals surface area contributed by atoms with Crippen LogP contribution in [-0.4, -0.2) is 0 Å². The van der Waals surface area contributed by atoms with Crippen molar-refractivity contribution in [2.45, 2.75) is 19.3 Å². The van der Waals surface area contributed by atoms with Crippen LogP contribution in [0.2, 0.25) is 0 Å². The van der Waals surface area contributed by atoms with E-state index in [1.807, 2.05) is 0 Å². The van der Waals surface area contributed by atoms with Crippen LogP contribution in [0, 0.1) is 0 Å². The quantitative estimate of drug-likeness (QED) is 0.185. The number of fused-ring (bicyclic) bond motifs is 7. The predicted molar refractivity (Wildman–Crippen MR) is 193 cm³/mol. The highest BCUT2D eigenvalue weighted by Gasteiger charge is 2.36. The molecule has 0 atom stereocenters. The van der Waals surface area contributed by atoms with Crippen LogP contribution < -0.4 is 0 Å². The van der Waals surface area contributed by atoms with Crippen molar-refractivity contribution >= 4 is 32.3 Å². The van der Waals surface area contributed by atoms with E-state index in [0.717, 1.165) is 0 Å². The van der Waals surface area contributed by atoms with Crippen LogP contribution in [0.25, 0.3) is 76.8 Å². The molecule has 9 rings (SSSR count). The van der Waals surface area contributed by atoms with Gasteiger partial charge in [0.25, 0.3) is 0 Å². The van der Waals surface area contributed by atoms with E-state index in [4.69, 9.17) is 0 Å². The Labute approximate surface area is 264 Å². The molecule has 0 aromatic heterocycles. The van der Waals surface area contributed by atoms with Gasteiger partial charge >= 0.3 is 0 Å². The summed E-state index contributed by atoms with van der Waals surface area (Å²) < 4.78 is 0. The Morgan fingerprint density at radius 3 is 1.58 bits per heavy atom. The predicted octanol–water partition coefficient (Wildman–Crippen LogP) is 12.5. The van der Waals surface area contributed by atoms with Crippen LogP contribution in [0.3, 0.4) is 0 Å². The highest BCUT2D eigenvalue weighted by atomic mass is 14.4. The van der Waals surface area contributed by atoms with Crippen molar-refractivity contribution in [2.24, 2.45) is 0 Å². The van der Waals surface area contributed by atoms with Crippen molar-refractivity contribution < 1.29 is 0 Å². The van der Waals surface area contributed by atoms with Gasteiger partial charge in [-0.05, 0) is 118 Å². The smallest absolute Gasteiger partial charge is 0.0159 e. The monoisotopic (exact) mass is 572 g/mol. The molecular formula is C45H32. The summed E-state index contributed by atoms with van der Waals surface area (Å²) in [6, 6.07) is 58.5. The van der Waals surface area contributed by atoms with Crippen LogP contribution in [0.1, 0.15) is 25.0 Å². The molecule has 1 aliphatic carbocycles. The molecule has 0 spiro atoms. The molecule has 0 bridgehead atoms. The largest absolute Gasteiger partial charge is 0.0622 e. The Kier molecular flexibility index (Phi) is 5.64. The van der Waals surface area contributed by atoms with Gasteiger partial charge in [0.1, 0.15) is 0 Å². The zero-order valence-electron chi connectivity index (χ0n) is 25.5. The van der Waals surface area contributed by atoms with E-state index in [9.17, 15) is 0 Å². The SMILES string of the molecule is CC1(C)c2cc(-c3ccccc3)ccc2-c2ccc(-c3cc(-c4cc5ccccc5c5ccccc45)cc4ccccc34)cc21. The maximum absolute atomic E-state index is 2.46. The van der Waals surface area contributed by atoms with E-state index in [-0.39, 0.29) is 5.41 Å². The lowest BCUT2D eigenvalue weighted by atomic mass is 9.80. The van der Waals surface area contributed by atoms with Gasteiger partial charge in [0.05, 0.1) is 0 Å². The highest BCUT2D eigenvalue weighted by molar-refractivity contribution is 6.15. The summed E-state index contributed by atoms with van der Waals surface area (Å²) >= 11 is 0. The molecule has 0 amide bonds. The molecule has 0 heteroatoms. The lowest BCUT2D eigenvalue weighted by Crippen LogP contribution is -2.15. The minimum Gasteiger partial charge on any atom is -0.0622 e. The topological polar surface area (TPSA) is 0 Å². The first-order valence-electron chi connectivity index (χ1n) is 15.9. The lowest BCUT2D eigenvalue weighted by Gasteiger charge is -2.23. The minimum absolute atomic E-state index is 0.104. The van der Waals surface area contributed by atoms with Gasteiger partial charge in [0.2, 0.25) is 0 Å². The molecule has 0 saturated carbocycles. The summed E-state index contributed by atoms with van der Waals surface area (Å²) in [5.41, 5.74) is 13.0. The fourth-order valence-electron chi connectivity index (χ4n) is 7.71. The summed E-state index contributed by atoms with van der Waals surface area (Å²) in [7, 11) is 0. The fraction of sp³-hybridized carbons (Fsp3) is 0.0667. The zero-order chi connectivity index (χ0) is 30.1. The van der Waals surface area contributed by atoms with Gasteiger partial charge < -0.3 is 0 Å². The van der Waals surface area contributed by atoms with E-state index in [0.29, 0.717) is 0 Å². The third-order valence-electron chi connectivity index (χ3n) is 10.0. The molecule has 212 valence electrons. The Hall–Kier alpha value is -5.46. The molecule has 0 fully saturated rings. The molecule has 0 N–H and O–H groups in total. The second-order valence-electron chi connectivity index (χ2n) is 12.9. The summed E-state index contributed by atoms with van der Waals surface area (Å²) in [5.74, 6) is 0. The van der Waals surface area contributed by atoms with E-state index in [1.165, 1.54) is 88.0 Å². The first kappa shape index (κ1) is 26.0. The summed E-state index contributed by atoms with van der Waals surface area (Å²) in [6.07, 6.45) is 0. The van der Waals surface area contributed by atoms with E-state index in [2.05, 4.69) is 172 Å². The van der Waals surface area contributed by atoms with E-state index in [1.54, 1.807) is 0 Å². The molecule has 0 heterocycles. The maximum Gasteiger partial charge on any atom is 0.0159 e. The molecule has 8 aromatic rings. The number of hydrogen-bond acceptors (Lipinski definition) is 0. The first-order valence-corrected chi connectivity index (χ1v) is 15.9. The van der Waals surface area contributed by atoms with Crippen molar-refractivity contribution in [3.63, 3.8) is 0 Å². The van der Waals surface area contributed by atoms with Crippen LogP contribution in [0.15, 0.2) is 158 Å². The standard InChI is InChI=1S/C45H32/c1-45(2)43-27-30(29-12-4-3-5-13-29)20-22-39(43)40-23-21-33(28-44(40)45)41-26-34(24-31-14-6-9-17-36(31)41)42-25-32-15-7-8-16-35(32)37-18-10-11-19-38(37)42/h3-28H,1-2H3. The van der Waals surface area contributed by atoms with Crippen LogP contribution >= 0.6 is 0 Å². The number of rotatable bonds is 3. The van der Waals surface area contributed by atoms with Gasteiger partial charge in [0.15, 0.2) is 0 Å². The molecule has 0 nitrogen and oxygen atoms in total. The number of benzene rings is 8. The zero-order valence-corrected chi connectivity index (χ0v) is 25.5. The average Bonchev–Trinajstić information content (AvgIpc) is 3.32. The third-order valence-corrected chi connectivity index (χ3v) is 10.0. The van der Waals surface area contributed by atoms with Crippen molar-refractivity contribution in [1.82, 2.24) is 0 Å².